The van der Waals surface area contributed by atoms with Gasteiger partial charge in [-0.1, -0.05) is 29.7 Å². The average Bonchev–Trinajstić information content (AvgIpc) is 2.94. The van der Waals surface area contributed by atoms with Crippen molar-refractivity contribution in [1.82, 2.24) is 20.2 Å². The topological polar surface area (TPSA) is 72.9 Å². The molecule has 0 fully saturated rings. The highest BCUT2D eigenvalue weighted by Gasteiger charge is 2.11. The van der Waals surface area contributed by atoms with Gasteiger partial charge in [-0.15, -0.1) is 0 Å². The van der Waals surface area contributed by atoms with Crippen LogP contribution < -0.4 is 10.6 Å². The van der Waals surface area contributed by atoms with Crippen LogP contribution in [0.3, 0.4) is 0 Å². The summed E-state index contributed by atoms with van der Waals surface area (Å²) in [6.07, 6.45) is 3.29. The van der Waals surface area contributed by atoms with Crippen LogP contribution in [-0.4, -0.2) is 40.3 Å². The maximum absolute atomic E-state index is 5.49. The molecule has 0 aliphatic rings. The summed E-state index contributed by atoms with van der Waals surface area (Å²) in [5, 5.41) is 11.9. The lowest BCUT2D eigenvalue weighted by Gasteiger charge is -2.17. The van der Waals surface area contributed by atoms with Crippen molar-refractivity contribution in [3.63, 3.8) is 0 Å². The Morgan fingerprint density at radius 1 is 1.16 bits per heavy atom. The van der Waals surface area contributed by atoms with E-state index in [1.165, 1.54) is 0 Å². The number of unbranched alkanes of at least 4 members (excludes halogenated alkanes) is 2. The molecule has 0 amide bonds. The molecule has 102 valence electrons. The molecule has 0 saturated carbocycles. The van der Waals surface area contributed by atoms with Crippen molar-refractivity contribution in [1.29, 1.82) is 0 Å². The second kappa shape index (κ2) is 6.84. The third-order valence-electron chi connectivity index (χ3n) is 2.99. The summed E-state index contributed by atoms with van der Waals surface area (Å²) in [5.41, 5.74) is 6.46. The molecule has 0 atom stereocenters. The smallest absolute Gasteiger partial charge is 0.250 e. The Balaban J connectivity index is 2.03. The lowest BCUT2D eigenvalue weighted by molar-refractivity contribution is 0.667. The van der Waals surface area contributed by atoms with Gasteiger partial charge in [-0.25, -0.2) is 0 Å². The molecular weight excluding hydrogens is 240 g/mol. The van der Waals surface area contributed by atoms with Crippen LogP contribution in [0.4, 0.5) is 5.95 Å². The fourth-order valence-electron chi connectivity index (χ4n) is 1.93. The number of aromatic nitrogens is 4. The van der Waals surface area contributed by atoms with Crippen LogP contribution in [0, 0.1) is 0 Å². The molecule has 0 spiro atoms. The van der Waals surface area contributed by atoms with Gasteiger partial charge >= 0.3 is 0 Å². The Bertz CT molecular complexity index is 481. The zero-order valence-electron chi connectivity index (χ0n) is 11.2. The largest absolute Gasteiger partial charge is 0.342 e. The highest BCUT2D eigenvalue weighted by molar-refractivity contribution is 5.39. The van der Waals surface area contributed by atoms with Gasteiger partial charge in [-0.2, -0.15) is 4.68 Å². The van der Waals surface area contributed by atoms with Crippen molar-refractivity contribution < 1.29 is 0 Å². The fourth-order valence-corrected chi connectivity index (χ4v) is 1.93. The highest BCUT2D eigenvalue weighted by Crippen LogP contribution is 2.14. The molecule has 1 aromatic heterocycles. The van der Waals surface area contributed by atoms with Gasteiger partial charge in [0.05, 0.1) is 5.69 Å². The summed E-state index contributed by atoms with van der Waals surface area (Å²) in [5.74, 6) is 0.763. The normalized spacial score (nSPS) is 10.6. The summed E-state index contributed by atoms with van der Waals surface area (Å²) in [7, 11) is 2.01. The minimum Gasteiger partial charge on any atom is -0.342 e. The summed E-state index contributed by atoms with van der Waals surface area (Å²) in [6.45, 7) is 1.68. The van der Waals surface area contributed by atoms with Crippen LogP contribution in [0.1, 0.15) is 19.3 Å². The number of hydrogen-bond donors (Lipinski definition) is 1. The monoisotopic (exact) mass is 260 g/mol. The van der Waals surface area contributed by atoms with Crippen molar-refractivity contribution in [2.45, 2.75) is 19.3 Å². The van der Waals surface area contributed by atoms with E-state index in [4.69, 9.17) is 5.73 Å². The minimum absolute atomic E-state index is 0.755. The maximum Gasteiger partial charge on any atom is 0.250 e. The minimum atomic E-state index is 0.755. The number of tetrazole rings is 1. The van der Waals surface area contributed by atoms with E-state index in [0.29, 0.717) is 0 Å². The molecule has 0 aliphatic heterocycles. The third-order valence-corrected chi connectivity index (χ3v) is 2.99. The van der Waals surface area contributed by atoms with Crippen LogP contribution in [-0.2, 0) is 0 Å². The van der Waals surface area contributed by atoms with Crippen LogP contribution in [0.25, 0.3) is 5.69 Å². The molecule has 0 unspecified atom stereocenters. The lowest BCUT2D eigenvalue weighted by Crippen LogP contribution is -2.22. The van der Waals surface area contributed by atoms with Gasteiger partial charge < -0.3 is 10.6 Å². The van der Waals surface area contributed by atoms with Crippen LogP contribution in [0.2, 0.25) is 0 Å². The summed E-state index contributed by atoms with van der Waals surface area (Å²) in [4.78, 5) is 2.07. The first-order valence-electron chi connectivity index (χ1n) is 6.58. The van der Waals surface area contributed by atoms with Gasteiger partial charge in [0.1, 0.15) is 0 Å². The van der Waals surface area contributed by atoms with Crippen LogP contribution >= 0.6 is 0 Å². The van der Waals surface area contributed by atoms with Crippen molar-refractivity contribution in [2.24, 2.45) is 5.73 Å². The molecule has 1 aromatic carbocycles. The Kier molecular flexibility index (Phi) is 4.85. The molecule has 2 rings (SSSR count). The number of nitrogens with two attached hydrogens (primary N) is 1. The van der Waals surface area contributed by atoms with Gasteiger partial charge in [0.15, 0.2) is 0 Å². The summed E-state index contributed by atoms with van der Waals surface area (Å²) < 4.78 is 1.75. The zero-order valence-corrected chi connectivity index (χ0v) is 11.2. The predicted molar refractivity (Wildman–Crippen MR) is 75.3 cm³/mol. The van der Waals surface area contributed by atoms with Gasteiger partial charge in [0.25, 0.3) is 0 Å². The van der Waals surface area contributed by atoms with Crippen molar-refractivity contribution in [2.75, 3.05) is 25.0 Å². The van der Waals surface area contributed by atoms with Gasteiger partial charge in [-0.05, 0) is 41.9 Å². The quantitative estimate of drug-likeness (QED) is 0.758. The standard InChI is InChI=1S/C13H20N6/c1-18(11-7-3-6-10-14)13-15-16-17-19(13)12-8-4-2-5-9-12/h2,4-5,8-9H,3,6-7,10-11,14H2,1H3. The molecule has 2 N–H and O–H groups in total. The molecule has 19 heavy (non-hydrogen) atoms. The molecule has 1 heterocycles. The zero-order chi connectivity index (χ0) is 13.5. The van der Waals surface area contributed by atoms with Gasteiger partial charge in [0.2, 0.25) is 5.95 Å². The molecular formula is C13H20N6. The van der Waals surface area contributed by atoms with Crippen molar-refractivity contribution in [3.05, 3.63) is 30.3 Å². The molecule has 0 radical (unpaired) electrons. The fraction of sp³-hybridized carbons (Fsp3) is 0.462. The molecule has 0 aliphatic carbocycles. The van der Waals surface area contributed by atoms with Crippen LogP contribution in [0.15, 0.2) is 30.3 Å². The summed E-state index contributed by atoms with van der Waals surface area (Å²) in [6, 6.07) is 9.90. The van der Waals surface area contributed by atoms with E-state index in [0.717, 1.165) is 44.0 Å². The van der Waals surface area contributed by atoms with Crippen LogP contribution in [0.5, 0.6) is 0 Å². The Labute approximate surface area is 113 Å². The van der Waals surface area contributed by atoms with Crippen molar-refractivity contribution >= 4 is 5.95 Å². The Morgan fingerprint density at radius 2 is 1.95 bits per heavy atom. The Morgan fingerprint density at radius 3 is 2.68 bits per heavy atom. The van der Waals surface area contributed by atoms with E-state index >= 15 is 0 Å². The number of anilines is 1. The molecule has 0 saturated heterocycles. The number of para-hydroxylation sites is 1. The number of hydrogen-bond acceptors (Lipinski definition) is 5. The average molecular weight is 260 g/mol. The van der Waals surface area contributed by atoms with E-state index in [1.54, 1.807) is 4.68 Å². The highest BCUT2D eigenvalue weighted by atomic mass is 15.6. The van der Waals surface area contributed by atoms with Gasteiger partial charge in [-0.3, -0.25) is 0 Å². The van der Waals surface area contributed by atoms with E-state index in [2.05, 4.69) is 20.4 Å². The first-order chi connectivity index (χ1) is 9.33. The number of rotatable bonds is 7. The van der Waals surface area contributed by atoms with E-state index < -0.39 is 0 Å². The van der Waals surface area contributed by atoms with E-state index in [-0.39, 0.29) is 0 Å². The lowest BCUT2D eigenvalue weighted by atomic mass is 10.2. The Hall–Kier alpha value is -1.95. The third kappa shape index (κ3) is 3.51. The molecule has 6 heteroatoms. The maximum atomic E-state index is 5.49. The first kappa shape index (κ1) is 13.5. The van der Waals surface area contributed by atoms with Crippen molar-refractivity contribution in [3.8, 4) is 5.69 Å². The second-order valence-electron chi connectivity index (χ2n) is 4.50. The number of benzene rings is 1. The molecule has 6 nitrogen and oxygen atoms in total. The van der Waals surface area contributed by atoms with E-state index in [1.807, 2.05) is 37.4 Å². The number of nitrogens with zero attached hydrogens (tertiary/aromatic N) is 5. The predicted octanol–water partition coefficient (Wildman–Crippen LogP) is 1.23. The molecule has 2 aromatic rings. The van der Waals surface area contributed by atoms with E-state index in [9.17, 15) is 0 Å². The first-order valence-corrected chi connectivity index (χ1v) is 6.58. The molecule has 0 bridgehead atoms. The van der Waals surface area contributed by atoms with Gasteiger partial charge in [0, 0.05) is 13.6 Å². The summed E-state index contributed by atoms with van der Waals surface area (Å²) >= 11 is 0. The second-order valence-corrected chi connectivity index (χ2v) is 4.50. The SMILES string of the molecule is CN(CCCCCN)c1nnnn1-c1ccccc1.